The topological polar surface area (TPSA) is 43.8 Å². The van der Waals surface area contributed by atoms with E-state index in [-0.39, 0.29) is 5.82 Å². The molecule has 14 heavy (non-hydrogen) atoms. The fourth-order valence-electron chi connectivity index (χ4n) is 1.11. The van der Waals surface area contributed by atoms with Crippen LogP contribution in [0.5, 0.6) is 0 Å². The van der Waals surface area contributed by atoms with E-state index in [0.29, 0.717) is 15.8 Å². The number of hydrogen-bond acceptors (Lipinski definition) is 2. The molecule has 1 heterocycles. The molecule has 3 nitrogen and oxygen atoms in total. The summed E-state index contributed by atoms with van der Waals surface area (Å²) in [5.41, 5.74) is 6.69. The highest BCUT2D eigenvalue weighted by Crippen LogP contribution is 2.18. The minimum Gasteiger partial charge on any atom is -0.396 e. The van der Waals surface area contributed by atoms with E-state index in [2.05, 4.69) is 21.0 Å². The Hall–Kier alpha value is -1.36. The maximum Gasteiger partial charge on any atom is 0.139 e. The number of rotatable bonds is 1. The maximum atomic E-state index is 13.2. The zero-order chi connectivity index (χ0) is 10.1. The molecule has 0 saturated carbocycles. The van der Waals surface area contributed by atoms with Crippen molar-refractivity contribution in [3.05, 3.63) is 40.9 Å². The predicted octanol–water partition coefficient (Wildman–Crippen LogP) is 2.36. The van der Waals surface area contributed by atoms with E-state index in [1.165, 1.54) is 16.9 Å². The van der Waals surface area contributed by atoms with Crippen LogP contribution in [0.25, 0.3) is 5.69 Å². The number of nitrogen functional groups attached to an aromatic ring is 1. The smallest absolute Gasteiger partial charge is 0.139 e. The zero-order valence-electron chi connectivity index (χ0n) is 7.11. The number of anilines is 1. The molecule has 0 fully saturated rings. The Bertz CT molecular complexity index is 467. The van der Waals surface area contributed by atoms with Gasteiger partial charge in [0.1, 0.15) is 5.82 Å². The second kappa shape index (κ2) is 3.42. The molecular weight excluding hydrogens is 249 g/mol. The van der Waals surface area contributed by atoms with Crippen molar-refractivity contribution in [2.24, 2.45) is 0 Å². The summed E-state index contributed by atoms with van der Waals surface area (Å²) in [5, 5.41) is 3.97. The quantitative estimate of drug-likeness (QED) is 0.851. The van der Waals surface area contributed by atoms with Crippen LogP contribution < -0.4 is 5.73 Å². The first-order valence-corrected chi connectivity index (χ1v) is 4.72. The lowest BCUT2D eigenvalue weighted by molar-refractivity contribution is 0.619. The van der Waals surface area contributed by atoms with Gasteiger partial charge in [-0.2, -0.15) is 5.10 Å². The molecule has 2 rings (SSSR count). The predicted molar refractivity (Wildman–Crippen MR) is 55.6 cm³/mol. The highest BCUT2D eigenvalue weighted by atomic mass is 79.9. The summed E-state index contributed by atoms with van der Waals surface area (Å²) in [6.45, 7) is 0. The molecule has 1 aromatic carbocycles. The molecule has 0 radical (unpaired) electrons. The van der Waals surface area contributed by atoms with Gasteiger partial charge in [0.25, 0.3) is 0 Å². The second-order valence-corrected chi connectivity index (χ2v) is 3.67. The molecule has 0 bridgehead atoms. The molecular formula is C9H7BrFN3. The van der Waals surface area contributed by atoms with Crippen LogP contribution in [0.2, 0.25) is 0 Å². The molecule has 0 atom stereocenters. The van der Waals surface area contributed by atoms with E-state index in [1.54, 1.807) is 18.3 Å². The monoisotopic (exact) mass is 255 g/mol. The van der Waals surface area contributed by atoms with Crippen molar-refractivity contribution in [2.75, 3.05) is 5.73 Å². The van der Waals surface area contributed by atoms with Crippen LogP contribution in [-0.4, -0.2) is 9.78 Å². The van der Waals surface area contributed by atoms with Gasteiger partial charge < -0.3 is 5.73 Å². The van der Waals surface area contributed by atoms with Crippen LogP contribution in [0.4, 0.5) is 10.1 Å². The first kappa shape index (κ1) is 9.21. The van der Waals surface area contributed by atoms with E-state index in [1.807, 2.05) is 0 Å². The number of aromatic nitrogens is 2. The molecule has 0 aliphatic carbocycles. The summed E-state index contributed by atoms with van der Waals surface area (Å²) in [6, 6.07) is 4.76. The van der Waals surface area contributed by atoms with Gasteiger partial charge in [-0.15, -0.1) is 0 Å². The summed E-state index contributed by atoms with van der Waals surface area (Å²) in [6.07, 6.45) is 3.14. The molecule has 0 unspecified atom stereocenters. The van der Waals surface area contributed by atoms with E-state index in [4.69, 9.17) is 5.73 Å². The van der Waals surface area contributed by atoms with Gasteiger partial charge in [-0.3, -0.25) is 0 Å². The molecule has 0 spiro atoms. The Morgan fingerprint density at radius 1 is 1.43 bits per heavy atom. The average Bonchev–Trinajstić information content (AvgIpc) is 2.57. The van der Waals surface area contributed by atoms with Gasteiger partial charge in [0.05, 0.1) is 28.2 Å². The van der Waals surface area contributed by atoms with Crippen molar-refractivity contribution < 1.29 is 4.39 Å². The fourth-order valence-corrected chi connectivity index (χ4v) is 1.35. The highest BCUT2D eigenvalue weighted by Gasteiger charge is 2.02. The summed E-state index contributed by atoms with van der Waals surface area (Å²) < 4.78 is 15.1. The first-order chi connectivity index (χ1) is 6.66. The molecule has 0 aliphatic rings. The van der Waals surface area contributed by atoms with Gasteiger partial charge >= 0.3 is 0 Å². The zero-order valence-corrected chi connectivity index (χ0v) is 8.70. The Morgan fingerprint density at radius 3 is 2.79 bits per heavy atom. The third kappa shape index (κ3) is 1.63. The third-order valence-electron chi connectivity index (χ3n) is 1.77. The summed E-state index contributed by atoms with van der Waals surface area (Å²) in [7, 11) is 0. The van der Waals surface area contributed by atoms with Gasteiger partial charge in [-0.25, -0.2) is 9.07 Å². The normalized spacial score (nSPS) is 10.4. The summed E-state index contributed by atoms with van der Waals surface area (Å²) in [5.74, 6) is -0.323. The molecule has 2 N–H and O–H groups in total. The third-order valence-corrected chi connectivity index (χ3v) is 2.41. The number of nitrogens with zero attached hydrogens (tertiary/aromatic N) is 2. The Balaban J connectivity index is 2.47. The Kier molecular flexibility index (Phi) is 2.25. The molecule has 72 valence electrons. The lowest BCUT2D eigenvalue weighted by Gasteiger charge is -2.01. The van der Waals surface area contributed by atoms with Crippen LogP contribution in [0, 0.1) is 5.82 Å². The van der Waals surface area contributed by atoms with E-state index < -0.39 is 0 Å². The van der Waals surface area contributed by atoms with Crippen molar-refractivity contribution in [3.63, 3.8) is 0 Å². The number of hydrogen-bond donors (Lipinski definition) is 1. The molecule has 1 aromatic heterocycles. The number of halogens is 2. The van der Waals surface area contributed by atoms with Gasteiger partial charge in [-0.05, 0) is 28.1 Å². The van der Waals surface area contributed by atoms with Gasteiger partial charge in [-0.1, -0.05) is 0 Å². The van der Waals surface area contributed by atoms with Crippen molar-refractivity contribution in [1.82, 2.24) is 9.78 Å². The number of nitrogens with two attached hydrogens (primary N) is 1. The van der Waals surface area contributed by atoms with E-state index >= 15 is 0 Å². The van der Waals surface area contributed by atoms with Crippen LogP contribution in [0.1, 0.15) is 0 Å². The Morgan fingerprint density at radius 2 is 2.21 bits per heavy atom. The summed E-state index contributed by atoms with van der Waals surface area (Å²) in [4.78, 5) is 0. The molecule has 0 saturated heterocycles. The van der Waals surface area contributed by atoms with Gasteiger partial charge in [0, 0.05) is 6.07 Å². The second-order valence-electron chi connectivity index (χ2n) is 2.82. The average molecular weight is 256 g/mol. The molecule has 0 amide bonds. The first-order valence-electron chi connectivity index (χ1n) is 3.92. The van der Waals surface area contributed by atoms with Gasteiger partial charge in [0.15, 0.2) is 0 Å². The van der Waals surface area contributed by atoms with Gasteiger partial charge in [0.2, 0.25) is 0 Å². The molecule has 2 aromatic rings. The lowest BCUT2D eigenvalue weighted by Crippen LogP contribution is -1.95. The van der Waals surface area contributed by atoms with E-state index in [0.717, 1.165) is 0 Å². The fraction of sp³-hybridized carbons (Fsp3) is 0. The largest absolute Gasteiger partial charge is 0.396 e. The van der Waals surface area contributed by atoms with E-state index in [9.17, 15) is 4.39 Å². The summed E-state index contributed by atoms with van der Waals surface area (Å²) >= 11 is 3.08. The standard InChI is InChI=1S/C9H7BrFN3/c10-8-2-1-7(3-9(8)11)14-5-6(12)4-13-14/h1-5H,12H2. The Labute approximate surface area is 88.5 Å². The van der Waals surface area contributed by atoms with Crippen molar-refractivity contribution >= 4 is 21.6 Å². The van der Waals surface area contributed by atoms with Crippen molar-refractivity contribution in [1.29, 1.82) is 0 Å². The SMILES string of the molecule is Nc1cnn(-c2ccc(Br)c(F)c2)c1. The van der Waals surface area contributed by atoms with Crippen LogP contribution in [0.3, 0.4) is 0 Å². The van der Waals surface area contributed by atoms with Crippen molar-refractivity contribution in [2.45, 2.75) is 0 Å². The minimum atomic E-state index is -0.323. The number of benzene rings is 1. The molecule has 0 aliphatic heterocycles. The molecule has 5 heteroatoms. The lowest BCUT2D eigenvalue weighted by atomic mass is 10.3. The van der Waals surface area contributed by atoms with Crippen LogP contribution >= 0.6 is 15.9 Å². The maximum absolute atomic E-state index is 13.2. The van der Waals surface area contributed by atoms with Crippen molar-refractivity contribution in [3.8, 4) is 5.69 Å². The minimum absolute atomic E-state index is 0.323. The van der Waals surface area contributed by atoms with Crippen LogP contribution in [-0.2, 0) is 0 Å². The van der Waals surface area contributed by atoms with Crippen LogP contribution in [0.15, 0.2) is 35.1 Å². The highest BCUT2D eigenvalue weighted by molar-refractivity contribution is 9.10.